The van der Waals surface area contributed by atoms with Crippen LogP contribution in [0.5, 0.6) is 11.5 Å². The van der Waals surface area contributed by atoms with Crippen LogP contribution in [0, 0.1) is 17.2 Å². The third kappa shape index (κ3) is 3.17. The number of nitrogens with zero attached hydrogens (tertiary/aromatic N) is 2. The second-order valence-electron chi connectivity index (χ2n) is 9.18. The summed E-state index contributed by atoms with van der Waals surface area (Å²) in [5.74, 6) is 1.75. The molecule has 1 saturated heterocycles. The van der Waals surface area contributed by atoms with Gasteiger partial charge in [-0.25, -0.2) is 9.37 Å². The van der Waals surface area contributed by atoms with Crippen LogP contribution in [0.3, 0.4) is 0 Å². The summed E-state index contributed by atoms with van der Waals surface area (Å²) in [6.45, 7) is 3.15. The van der Waals surface area contributed by atoms with E-state index in [0.717, 1.165) is 59.5 Å². The molecule has 0 spiro atoms. The summed E-state index contributed by atoms with van der Waals surface area (Å²) in [5, 5.41) is 11.1. The van der Waals surface area contributed by atoms with Gasteiger partial charge in [-0.05, 0) is 60.7 Å². The zero-order valence-corrected chi connectivity index (χ0v) is 17.3. The smallest absolute Gasteiger partial charge is 0.231 e. The van der Waals surface area contributed by atoms with E-state index >= 15 is 0 Å². The van der Waals surface area contributed by atoms with Crippen LogP contribution in [0.25, 0.3) is 22.2 Å². The molecule has 160 valence electrons. The maximum atomic E-state index is 13.6. The lowest BCUT2D eigenvalue weighted by Crippen LogP contribution is -2.30. The molecule has 1 aromatic heterocycles. The van der Waals surface area contributed by atoms with E-state index in [1.165, 1.54) is 25.0 Å². The van der Waals surface area contributed by atoms with Crippen molar-refractivity contribution in [3.8, 4) is 22.8 Å². The largest absolute Gasteiger partial charge is 0.454 e. The number of halogens is 1. The minimum absolute atomic E-state index is 0.0479. The molecular formula is C25H25FN2O3. The Labute approximate surface area is 180 Å². The number of aliphatic hydroxyl groups is 1. The lowest BCUT2D eigenvalue weighted by Gasteiger charge is -2.26. The van der Waals surface area contributed by atoms with E-state index in [2.05, 4.69) is 11.0 Å². The number of benzene rings is 2. The minimum atomic E-state index is -0.258. The van der Waals surface area contributed by atoms with E-state index in [0.29, 0.717) is 11.7 Å². The van der Waals surface area contributed by atoms with Gasteiger partial charge in [-0.2, -0.15) is 0 Å². The van der Waals surface area contributed by atoms with Gasteiger partial charge in [0.25, 0.3) is 0 Å². The van der Waals surface area contributed by atoms with Gasteiger partial charge in [0.05, 0.1) is 17.8 Å². The number of rotatable bonds is 4. The molecule has 5 nitrogen and oxygen atoms in total. The van der Waals surface area contributed by atoms with Gasteiger partial charge in [0.2, 0.25) is 6.79 Å². The first kappa shape index (κ1) is 19.0. The van der Waals surface area contributed by atoms with Crippen LogP contribution < -0.4 is 9.47 Å². The minimum Gasteiger partial charge on any atom is -0.454 e. The molecular weight excluding hydrogens is 395 g/mol. The first-order valence-corrected chi connectivity index (χ1v) is 11.0. The van der Waals surface area contributed by atoms with E-state index in [1.54, 1.807) is 12.1 Å². The Kier molecular flexibility index (Phi) is 4.40. The number of aromatic nitrogens is 1. The molecule has 1 aliphatic carbocycles. The van der Waals surface area contributed by atoms with Crippen LogP contribution in [-0.4, -0.2) is 41.5 Å². The molecule has 2 aliphatic heterocycles. The van der Waals surface area contributed by atoms with E-state index in [1.807, 2.05) is 12.1 Å². The van der Waals surface area contributed by atoms with Crippen LogP contribution in [0.15, 0.2) is 42.5 Å². The second kappa shape index (κ2) is 7.18. The molecule has 2 atom stereocenters. The number of hydrogen-bond donors (Lipinski definition) is 1. The Bertz CT molecular complexity index is 1150. The summed E-state index contributed by atoms with van der Waals surface area (Å²) in [5.41, 5.74) is 3.74. The maximum Gasteiger partial charge on any atom is 0.231 e. The third-order valence-corrected chi connectivity index (χ3v) is 7.32. The summed E-state index contributed by atoms with van der Waals surface area (Å²) in [4.78, 5) is 7.42. The van der Waals surface area contributed by atoms with Crippen LogP contribution in [0.2, 0.25) is 0 Å². The van der Waals surface area contributed by atoms with E-state index in [-0.39, 0.29) is 24.6 Å². The zero-order valence-electron chi connectivity index (χ0n) is 17.3. The molecule has 2 fully saturated rings. The highest BCUT2D eigenvalue weighted by Crippen LogP contribution is 2.49. The molecule has 1 N–H and O–H groups in total. The van der Waals surface area contributed by atoms with Gasteiger partial charge >= 0.3 is 0 Å². The lowest BCUT2D eigenvalue weighted by molar-refractivity contribution is 0.111. The molecule has 6 rings (SSSR count). The lowest BCUT2D eigenvalue weighted by atomic mass is 9.82. The number of aliphatic hydroxyl groups excluding tert-OH is 1. The first-order valence-electron chi connectivity index (χ1n) is 11.0. The highest BCUT2D eigenvalue weighted by Gasteiger charge is 2.48. The van der Waals surface area contributed by atoms with Crippen molar-refractivity contribution >= 4 is 10.9 Å². The predicted molar refractivity (Wildman–Crippen MR) is 115 cm³/mol. The normalized spacial score (nSPS) is 24.8. The van der Waals surface area contributed by atoms with Crippen molar-refractivity contribution in [3.05, 3.63) is 53.8 Å². The van der Waals surface area contributed by atoms with Gasteiger partial charge in [-0.3, -0.25) is 4.90 Å². The molecule has 6 heteroatoms. The van der Waals surface area contributed by atoms with Gasteiger partial charge in [-0.15, -0.1) is 0 Å². The summed E-state index contributed by atoms with van der Waals surface area (Å²) in [6.07, 6.45) is 3.51. The Morgan fingerprint density at radius 2 is 1.94 bits per heavy atom. The number of hydrogen-bond acceptors (Lipinski definition) is 5. The molecule has 0 bridgehead atoms. The van der Waals surface area contributed by atoms with E-state index in [9.17, 15) is 9.50 Å². The number of fused-ring (bicyclic) bond motifs is 3. The van der Waals surface area contributed by atoms with Crippen LogP contribution in [-0.2, 0) is 6.54 Å². The molecule has 0 unspecified atom stereocenters. The Hall–Kier alpha value is -2.70. The standard InChI is InChI=1S/C25H25FN2O3/c26-20-5-3-16(4-6-20)24-18(11-28-12-19-2-1-7-25(19,13-28)14-29)8-17-9-22-23(31-15-30-22)10-21(17)27-24/h3-6,8-10,19,29H,1-2,7,11-15H2/t19-,25+/m1/s1. The highest BCUT2D eigenvalue weighted by atomic mass is 19.1. The Balaban J connectivity index is 1.42. The molecule has 3 aliphatic rings. The average molecular weight is 420 g/mol. The van der Waals surface area contributed by atoms with Crippen molar-refractivity contribution < 1.29 is 19.0 Å². The maximum absolute atomic E-state index is 13.6. The fourth-order valence-electron chi connectivity index (χ4n) is 5.73. The SMILES string of the molecule is OC[C@@]12CCC[C@@H]1CN(Cc1cc3cc4c(cc3nc1-c1ccc(F)cc1)OCO4)C2. The van der Waals surface area contributed by atoms with Gasteiger partial charge in [0.15, 0.2) is 11.5 Å². The van der Waals surface area contributed by atoms with Crippen molar-refractivity contribution in [3.63, 3.8) is 0 Å². The van der Waals surface area contributed by atoms with E-state index in [4.69, 9.17) is 14.5 Å². The topological polar surface area (TPSA) is 54.8 Å². The Morgan fingerprint density at radius 3 is 2.71 bits per heavy atom. The molecule has 1 saturated carbocycles. The fraction of sp³-hybridized carbons (Fsp3) is 0.400. The number of ether oxygens (including phenoxy) is 2. The number of likely N-dealkylation sites (tertiary alicyclic amines) is 1. The fourth-order valence-corrected chi connectivity index (χ4v) is 5.73. The van der Waals surface area contributed by atoms with E-state index < -0.39 is 0 Å². The van der Waals surface area contributed by atoms with Gasteiger partial charge in [0, 0.05) is 42.1 Å². The summed E-state index contributed by atoms with van der Waals surface area (Å²) in [6, 6.07) is 12.6. The van der Waals surface area contributed by atoms with Gasteiger partial charge in [-0.1, -0.05) is 6.42 Å². The van der Waals surface area contributed by atoms with Crippen molar-refractivity contribution in [2.24, 2.45) is 11.3 Å². The van der Waals surface area contributed by atoms with Crippen molar-refractivity contribution in [2.75, 3.05) is 26.5 Å². The third-order valence-electron chi connectivity index (χ3n) is 7.32. The predicted octanol–water partition coefficient (Wildman–Crippen LogP) is 4.36. The van der Waals surface area contributed by atoms with Crippen molar-refractivity contribution in [1.82, 2.24) is 9.88 Å². The van der Waals surface area contributed by atoms with Crippen LogP contribution in [0.4, 0.5) is 4.39 Å². The highest BCUT2D eigenvalue weighted by molar-refractivity contribution is 5.86. The average Bonchev–Trinajstić information content (AvgIpc) is 3.46. The Morgan fingerprint density at radius 1 is 1.13 bits per heavy atom. The molecule has 3 aromatic rings. The number of pyridine rings is 1. The molecule has 0 amide bonds. The monoisotopic (exact) mass is 420 g/mol. The van der Waals surface area contributed by atoms with Crippen molar-refractivity contribution in [2.45, 2.75) is 25.8 Å². The molecule has 3 heterocycles. The summed E-state index contributed by atoms with van der Waals surface area (Å²) < 4.78 is 24.6. The summed E-state index contributed by atoms with van der Waals surface area (Å²) >= 11 is 0. The molecule has 0 radical (unpaired) electrons. The quantitative estimate of drug-likeness (QED) is 0.680. The van der Waals surface area contributed by atoms with Crippen molar-refractivity contribution in [1.29, 1.82) is 0 Å². The molecule has 31 heavy (non-hydrogen) atoms. The van der Waals surface area contributed by atoms with Crippen LogP contribution in [0.1, 0.15) is 24.8 Å². The zero-order chi connectivity index (χ0) is 21.0. The molecule has 2 aromatic carbocycles. The second-order valence-corrected chi connectivity index (χ2v) is 9.18. The first-order chi connectivity index (χ1) is 15.1. The van der Waals surface area contributed by atoms with Gasteiger partial charge in [0.1, 0.15) is 5.82 Å². The summed E-state index contributed by atoms with van der Waals surface area (Å²) in [7, 11) is 0. The van der Waals surface area contributed by atoms with Crippen LogP contribution >= 0.6 is 0 Å². The van der Waals surface area contributed by atoms with Gasteiger partial charge < -0.3 is 14.6 Å².